The Labute approximate surface area is 165 Å². The number of carbonyl (C=O) groups is 3. The van der Waals surface area contributed by atoms with Crippen molar-refractivity contribution in [2.24, 2.45) is 0 Å². The van der Waals surface area contributed by atoms with E-state index >= 15 is 0 Å². The van der Waals surface area contributed by atoms with Crippen LogP contribution in [0.4, 0.5) is 5.69 Å². The number of hydrogen-bond acceptors (Lipinski definition) is 5. The molecule has 2 aromatic carbocycles. The van der Waals surface area contributed by atoms with Gasteiger partial charge in [0, 0.05) is 23.4 Å². The number of benzene rings is 2. The molecule has 28 heavy (non-hydrogen) atoms. The smallest absolute Gasteiger partial charge is 0.325 e. The van der Waals surface area contributed by atoms with Crippen molar-refractivity contribution in [3.05, 3.63) is 63.7 Å². The molecule has 0 bridgehead atoms. The van der Waals surface area contributed by atoms with Gasteiger partial charge in [-0.3, -0.25) is 14.4 Å². The first-order chi connectivity index (χ1) is 13.2. The Morgan fingerprint density at radius 2 is 1.64 bits per heavy atom. The van der Waals surface area contributed by atoms with E-state index in [1.54, 1.807) is 31.2 Å². The van der Waals surface area contributed by atoms with Crippen LogP contribution in [0, 0.1) is 20.8 Å². The summed E-state index contributed by atoms with van der Waals surface area (Å²) in [5.74, 6) is -0.771. The highest BCUT2D eigenvalue weighted by atomic mass is 16.5. The molecule has 0 aliphatic carbocycles. The molecule has 0 heterocycles. The Bertz CT molecular complexity index is 902. The first kappa shape index (κ1) is 21.2. The van der Waals surface area contributed by atoms with Crippen LogP contribution in [0.15, 0.2) is 30.3 Å². The monoisotopic (exact) mass is 382 g/mol. The first-order valence-electron chi connectivity index (χ1n) is 9.04. The lowest BCUT2D eigenvalue weighted by Gasteiger charge is -2.17. The van der Waals surface area contributed by atoms with E-state index in [1.165, 1.54) is 7.11 Å². The summed E-state index contributed by atoms with van der Waals surface area (Å²) in [6, 6.07) is 9.01. The van der Waals surface area contributed by atoms with Gasteiger partial charge in [0.2, 0.25) is 0 Å². The lowest BCUT2D eigenvalue weighted by molar-refractivity contribution is -0.139. The Morgan fingerprint density at radius 3 is 2.21 bits per heavy atom. The zero-order chi connectivity index (χ0) is 20.8. The third-order valence-electron chi connectivity index (χ3n) is 4.72. The normalized spacial score (nSPS) is 10.3. The Kier molecular flexibility index (Phi) is 6.93. The number of ether oxygens (including phenoxy) is 1. The fourth-order valence-electron chi connectivity index (χ4n) is 3.30. The van der Waals surface area contributed by atoms with Crippen molar-refractivity contribution in [3.63, 3.8) is 0 Å². The number of amides is 1. The third-order valence-corrected chi connectivity index (χ3v) is 4.72. The molecule has 0 aromatic heterocycles. The minimum atomic E-state index is -0.500. The van der Waals surface area contributed by atoms with E-state index in [0.29, 0.717) is 12.1 Å². The number of nitrogens with one attached hydrogen (secondary N) is 2. The zero-order valence-corrected chi connectivity index (χ0v) is 16.9. The number of anilines is 1. The predicted molar refractivity (Wildman–Crippen MR) is 109 cm³/mol. The maximum absolute atomic E-state index is 12.0. The van der Waals surface area contributed by atoms with Gasteiger partial charge in [-0.15, -0.1) is 0 Å². The summed E-state index contributed by atoms with van der Waals surface area (Å²) in [7, 11) is 1.27. The van der Waals surface area contributed by atoms with Crippen molar-refractivity contribution >= 4 is 23.3 Å². The first-order valence-corrected chi connectivity index (χ1v) is 9.04. The van der Waals surface area contributed by atoms with E-state index in [-0.39, 0.29) is 18.2 Å². The fraction of sp³-hybridized carbons (Fsp3) is 0.318. The molecule has 0 spiro atoms. The molecule has 0 atom stereocenters. The molecule has 0 fully saturated rings. The summed E-state index contributed by atoms with van der Waals surface area (Å²) in [6.45, 7) is 7.97. The SMILES string of the molecule is COC(=O)CNC(=O)c1ccc(NCc2c(C)cc(C)c(C(C)=O)c2C)cc1. The van der Waals surface area contributed by atoms with Gasteiger partial charge in [-0.2, -0.15) is 0 Å². The number of carbonyl (C=O) groups excluding carboxylic acids is 3. The second-order valence-corrected chi connectivity index (χ2v) is 6.73. The highest BCUT2D eigenvalue weighted by Gasteiger charge is 2.14. The van der Waals surface area contributed by atoms with E-state index in [0.717, 1.165) is 33.5 Å². The van der Waals surface area contributed by atoms with E-state index in [1.807, 2.05) is 26.8 Å². The number of aryl methyl sites for hydroxylation is 2. The maximum atomic E-state index is 12.0. The summed E-state index contributed by atoms with van der Waals surface area (Å²) < 4.78 is 4.49. The van der Waals surface area contributed by atoms with Gasteiger partial charge < -0.3 is 15.4 Å². The van der Waals surface area contributed by atoms with Gasteiger partial charge >= 0.3 is 5.97 Å². The van der Waals surface area contributed by atoms with Crippen LogP contribution in [-0.2, 0) is 16.1 Å². The molecule has 0 aliphatic rings. The molecule has 0 radical (unpaired) electrons. The molecule has 0 saturated heterocycles. The number of hydrogen-bond donors (Lipinski definition) is 2. The number of Topliss-reactive ketones (excluding diaryl/α,β-unsaturated/α-hetero) is 1. The van der Waals surface area contributed by atoms with Gasteiger partial charge in [-0.05, 0) is 74.2 Å². The molecule has 0 saturated carbocycles. The highest BCUT2D eigenvalue weighted by Crippen LogP contribution is 2.24. The van der Waals surface area contributed by atoms with Crippen LogP contribution in [0.3, 0.4) is 0 Å². The average molecular weight is 382 g/mol. The quantitative estimate of drug-likeness (QED) is 0.567. The van der Waals surface area contributed by atoms with Crippen LogP contribution in [0.25, 0.3) is 0 Å². The van der Waals surface area contributed by atoms with Gasteiger partial charge in [0.1, 0.15) is 6.54 Å². The van der Waals surface area contributed by atoms with Crippen molar-refractivity contribution in [2.75, 3.05) is 19.0 Å². The molecule has 6 nitrogen and oxygen atoms in total. The van der Waals surface area contributed by atoms with Crippen LogP contribution in [0.2, 0.25) is 0 Å². The molecule has 2 aromatic rings. The molecule has 0 unspecified atom stereocenters. The molecule has 1 amide bonds. The predicted octanol–water partition coefficient (Wildman–Crippen LogP) is 3.33. The van der Waals surface area contributed by atoms with E-state index in [4.69, 9.17) is 0 Å². The fourth-order valence-corrected chi connectivity index (χ4v) is 3.30. The molecular weight excluding hydrogens is 356 g/mol. The second kappa shape index (κ2) is 9.17. The van der Waals surface area contributed by atoms with Gasteiger partial charge in [-0.1, -0.05) is 6.07 Å². The lowest BCUT2D eigenvalue weighted by atomic mass is 9.91. The molecule has 0 aliphatic heterocycles. The zero-order valence-electron chi connectivity index (χ0n) is 16.9. The minimum absolute atomic E-state index is 0.0681. The third kappa shape index (κ3) is 4.97. The van der Waals surface area contributed by atoms with Crippen molar-refractivity contribution in [1.82, 2.24) is 5.32 Å². The van der Waals surface area contributed by atoms with Crippen LogP contribution >= 0.6 is 0 Å². The molecule has 148 valence electrons. The van der Waals surface area contributed by atoms with E-state index < -0.39 is 5.97 Å². The lowest BCUT2D eigenvalue weighted by Crippen LogP contribution is -2.30. The number of ketones is 1. The number of rotatable bonds is 7. The molecule has 6 heteroatoms. The summed E-state index contributed by atoms with van der Waals surface area (Å²) in [6.07, 6.45) is 0. The van der Waals surface area contributed by atoms with Crippen molar-refractivity contribution in [2.45, 2.75) is 34.2 Å². The van der Waals surface area contributed by atoms with Crippen molar-refractivity contribution < 1.29 is 19.1 Å². The van der Waals surface area contributed by atoms with Crippen molar-refractivity contribution in [3.8, 4) is 0 Å². The van der Waals surface area contributed by atoms with Crippen LogP contribution in [-0.4, -0.2) is 31.3 Å². The number of methoxy groups -OCH3 is 1. The standard InChI is InChI=1S/C22H26N2O4/c1-13-10-14(2)21(16(4)25)15(3)19(13)11-23-18-8-6-17(7-9-18)22(27)24-12-20(26)28-5/h6-10,23H,11-12H2,1-5H3,(H,24,27). The van der Waals surface area contributed by atoms with E-state index in [2.05, 4.69) is 15.4 Å². The summed E-state index contributed by atoms with van der Waals surface area (Å²) in [5.41, 5.74) is 6.30. The molecular formula is C22H26N2O4. The van der Waals surface area contributed by atoms with Gasteiger partial charge in [0.25, 0.3) is 5.91 Å². The number of esters is 1. The van der Waals surface area contributed by atoms with E-state index in [9.17, 15) is 14.4 Å². The van der Waals surface area contributed by atoms with Crippen LogP contribution < -0.4 is 10.6 Å². The Balaban J connectivity index is 2.08. The topological polar surface area (TPSA) is 84.5 Å². The van der Waals surface area contributed by atoms with Crippen LogP contribution in [0.1, 0.15) is 49.9 Å². The Morgan fingerprint density at radius 1 is 1.00 bits per heavy atom. The summed E-state index contributed by atoms with van der Waals surface area (Å²) in [4.78, 5) is 35.1. The minimum Gasteiger partial charge on any atom is -0.468 e. The summed E-state index contributed by atoms with van der Waals surface area (Å²) in [5, 5.41) is 5.83. The van der Waals surface area contributed by atoms with Gasteiger partial charge in [-0.25, -0.2) is 0 Å². The largest absolute Gasteiger partial charge is 0.468 e. The van der Waals surface area contributed by atoms with Crippen molar-refractivity contribution in [1.29, 1.82) is 0 Å². The Hall–Kier alpha value is -3.15. The average Bonchev–Trinajstić information content (AvgIpc) is 2.65. The van der Waals surface area contributed by atoms with Gasteiger partial charge in [0.15, 0.2) is 5.78 Å². The highest BCUT2D eigenvalue weighted by molar-refractivity contribution is 5.97. The maximum Gasteiger partial charge on any atom is 0.325 e. The molecule has 2 rings (SSSR count). The van der Waals surface area contributed by atoms with Crippen LogP contribution in [0.5, 0.6) is 0 Å². The van der Waals surface area contributed by atoms with Gasteiger partial charge in [0.05, 0.1) is 7.11 Å². The second-order valence-electron chi connectivity index (χ2n) is 6.73. The summed E-state index contributed by atoms with van der Waals surface area (Å²) >= 11 is 0. The molecule has 2 N–H and O–H groups in total.